The molecule has 0 aliphatic carbocycles. The highest BCUT2D eigenvalue weighted by atomic mass is 19.1. The Bertz CT molecular complexity index is 289. The molecule has 0 amide bonds. The van der Waals surface area contributed by atoms with Crippen LogP contribution in [-0.2, 0) is 6.42 Å². The van der Waals surface area contributed by atoms with Crippen molar-refractivity contribution in [3.63, 3.8) is 0 Å². The van der Waals surface area contributed by atoms with Crippen molar-refractivity contribution >= 4 is 0 Å². The van der Waals surface area contributed by atoms with Crippen LogP contribution < -0.4 is 0 Å². The first kappa shape index (κ1) is 11.2. The van der Waals surface area contributed by atoms with Crippen LogP contribution in [0.4, 0.5) is 4.39 Å². The van der Waals surface area contributed by atoms with Crippen LogP contribution in [0.5, 0.6) is 0 Å². The molecule has 0 aliphatic heterocycles. The van der Waals surface area contributed by atoms with Crippen LogP contribution in [0, 0.1) is 11.2 Å². The molecule has 78 valence electrons. The zero-order valence-electron chi connectivity index (χ0n) is 9.31. The Hall–Kier alpha value is -0.850. The smallest absolute Gasteiger partial charge is 0.126 e. The van der Waals surface area contributed by atoms with Crippen molar-refractivity contribution in [2.75, 3.05) is 0 Å². The molecule has 0 aliphatic rings. The molecule has 1 aromatic rings. The minimum absolute atomic E-state index is 0.0700. The monoisotopic (exact) mass is 194 g/mol. The Morgan fingerprint density at radius 3 is 2.43 bits per heavy atom. The molecule has 1 aromatic carbocycles. The Balaban J connectivity index is 2.58. The first-order valence-electron chi connectivity index (χ1n) is 5.28. The van der Waals surface area contributed by atoms with Gasteiger partial charge in [0.05, 0.1) is 0 Å². The van der Waals surface area contributed by atoms with E-state index >= 15 is 0 Å². The van der Waals surface area contributed by atoms with Crippen LogP contribution in [0.1, 0.15) is 39.2 Å². The second kappa shape index (κ2) is 4.59. The molecule has 0 spiro atoms. The average Bonchev–Trinajstić information content (AvgIpc) is 2.17. The van der Waals surface area contributed by atoms with E-state index in [0.717, 1.165) is 24.8 Å². The topological polar surface area (TPSA) is 0 Å². The lowest BCUT2D eigenvalue weighted by Gasteiger charge is -2.22. The number of benzene rings is 1. The quantitative estimate of drug-likeness (QED) is 0.674. The van der Waals surface area contributed by atoms with Crippen molar-refractivity contribution in [1.82, 2.24) is 0 Å². The number of hydrogen-bond donors (Lipinski definition) is 0. The van der Waals surface area contributed by atoms with Crippen LogP contribution in [0.15, 0.2) is 24.3 Å². The SMILES string of the molecule is CCC(C)(C)CCc1ccccc1F. The van der Waals surface area contributed by atoms with E-state index in [9.17, 15) is 4.39 Å². The molecule has 0 aromatic heterocycles. The van der Waals surface area contributed by atoms with E-state index in [2.05, 4.69) is 20.8 Å². The summed E-state index contributed by atoms with van der Waals surface area (Å²) < 4.78 is 13.3. The summed E-state index contributed by atoms with van der Waals surface area (Å²) in [7, 11) is 0. The van der Waals surface area contributed by atoms with Crippen LogP contribution in [0.3, 0.4) is 0 Å². The van der Waals surface area contributed by atoms with Gasteiger partial charge in [0.25, 0.3) is 0 Å². The standard InChI is InChI=1S/C13H19F/c1-4-13(2,3)10-9-11-7-5-6-8-12(11)14/h5-8H,4,9-10H2,1-3H3. The maximum atomic E-state index is 13.3. The van der Waals surface area contributed by atoms with E-state index in [0.29, 0.717) is 5.41 Å². The summed E-state index contributed by atoms with van der Waals surface area (Å²) in [5.74, 6) is -0.0700. The van der Waals surface area contributed by atoms with Gasteiger partial charge in [-0.2, -0.15) is 0 Å². The van der Waals surface area contributed by atoms with Crippen LogP contribution >= 0.6 is 0 Å². The van der Waals surface area contributed by atoms with Gasteiger partial charge < -0.3 is 0 Å². The van der Waals surface area contributed by atoms with E-state index in [-0.39, 0.29) is 5.82 Å². The highest BCUT2D eigenvalue weighted by Crippen LogP contribution is 2.26. The summed E-state index contributed by atoms with van der Waals surface area (Å²) in [5, 5.41) is 0. The molecule has 14 heavy (non-hydrogen) atoms. The van der Waals surface area contributed by atoms with Gasteiger partial charge in [0.1, 0.15) is 5.82 Å². The molecular formula is C13H19F. The molecule has 0 bridgehead atoms. The van der Waals surface area contributed by atoms with Crippen molar-refractivity contribution in [3.05, 3.63) is 35.6 Å². The Kier molecular flexibility index (Phi) is 3.68. The lowest BCUT2D eigenvalue weighted by molar-refractivity contribution is 0.321. The summed E-state index contributed by atoms with van der Waals surface area (Å²) in [4.78, 5) is 0. The highest BCUT2D eigenvalue weighted by Gasteiger charge is 2.15. The predicted octanol–water partition coefficient (Wildman–Crippen LogP) is 4.19. The first-order chi connectivity index (χ1) is 6.55. The summed E-state index contributed by atoms with van der Waals surface area (Å²) in [5.41, 5.74) is 1.16. The molecule has 0 saturated heterocycles. The van der Waals surface area contributed by atoms with Gasteiger partial charge in [0.2, 0.25) is 0 Å². The molecule has 0 N–H and O–H groups in total. The molecule has 0 radical (unpaired) electrons. The molecule has 0 nitrogen and oxygen atoms in total. The van der Waals surface area contributed by atoms with E-state index in [1.54, 1.807) is 6.07 Å². The second-order valence-corrected chi connectivity index (χ2v) is 4.61. The maximum Gasteiger partial charge on any atom is 0.126 e. The molecule has 1 rings (SSSR count). The number of hydrogen-bond acceptors (Lipinski definition) is 0. The van der Waals surface area contributed by atoms with Crippen LogP contribution in [0.2, 0.25) is 0 Å². The van der Waals surface area contributed by atoms with Gasteiger partial charge in [0, 0.05) is 0 Å². The highest BCUT2D eigenvalue weighted by molar-refractivity contribution is 5.17. The minimum Gasteiger partial charge on any atom is -0.207 e. The van der Waals surface area contributed by atoms with E-state index in [1.807, 2.05) is 12.1 Å². The van der Waals surface area contributed by atoms with Gasteiger partial charge in [-0.05, 0) is 29.9 Å². The zero-order chi connectivity index (χ0) is 10.6. The van der Waals surface area contributed by atoms with Crippen molar-refractivity contribution < 1.29 is 4.39 Å². The largest absolute Gasteiger partial charge is 0.207 e. The minimum atomic E-state index is -0.0700. The average molecular weight is 194 g/mol. The summed E-state index contributed by atoms with van der Waals surface area (Å²) in [6, 6.07) is 7.05. The lowest BCUT2D eigenvalue weighted by atomic mass is 9.84. The fraction of sp³-hybridized carbons (Fsp3) is 0.538. The molecule has 0 saturated carbocycles. The van der Waals surface area contributed by atoms with Crippen LogP contribution in [-0.4, -0.2) is 0 Å². The van der Waals surface area contributed by atoms with E-state index in [1.165, 1.54) is 6.07 Å². The van der Waals surface area contributed by atoms with Gasteiger partial charge >= 0.3 is 0 Å². The molecule has 0 atom stereocenters. The number of aryl methyl sites for hydroxylation is 1. The Labute approximate surface area is 86.2 Å². The second-order valence-electron chi connectivity index (χ2n) is 4.61. The predicted molar refractivity (Wildman–Crippen MR) is 58.8 cm³/mol. The van der Waals surface area contributed by atoms with E-state index in [4.69, 9.17) is 0 Å². The summed E-state index contributed by atoms with van der Waals surface area (Å²) in [6.07, 6.45) is 3.03. The van der Waals surface area contributed by atoms with Gasteiger partial charge in [-0.15, -0.1) is 0 Å². The van der Waals surface area contributed by atoms with Crippen molar-refractivity contribution in [1.29, 1.82) is 0 Å². The fourth-order valence-corrected chi connectivity index (χ4v) is 1.35. The first-order valence-corrected chi connectivity index (χ1v) is 5.28. The van der Waals surface area contributed by atoms with Crippen LogP contribution in [0.25, 0.3) is 0 Å². The van der Waals surface area contributed by atoms with E-state index < -0.39 is 0 Å². The molecular weight excluding hydrogens is 175 g/mol. The molecule has 0 fully saturated rings. The van der Waals surface area contributed by atoms with Crippen molar-refractivity contribution in [3.8, 4) is 0 Å². The summed E-state index contributed by atoms with van der Waals surface area (Å²) >= 11 is 0. The van der Waals surface area contributed by atoms with Gasteiger partial charge in [-0.1, -0.05) is 45.4 Å². The molecule has 0 heterocycles. The van der Waals surface area contributed by atoms with Gasteiger partial charge in [-0.3, -0.25) is 0 Å². The Morgan fingerprint density at radius 1 is 1.21 bits per heavy atom. The third-order valence-electron chi connectivity index (χ3n) is 2.99. The Morgan fingerprint density at radius 2 is 1.86 bits per heavy atom. The third-order valence-corrected chi connectivity index (χ3v) is 2.99. The van der Waals surface area contributed by atoms with Gasteiger partial charge in [0.15, 0.2) is 0 Å². The van der Waals surface area contributed by atoms with Gasteiger partial charge in [-0.25, -0.2) is 4.39 Å². The maximum absolute atomic E-state index is 13.3. The fourth-order valence-electron chi connectivity index (χ4n) is 1.35. The number of halogens is 1. The molecule has 0 unspecified atom stereocenters. The summed E-state index contributed by atoms with van der Waals surface area (Å²) in [6.45, 7) is 6.64. The molecule has 1 heteroatoms. The van der Waals surface area contributed by atoms with Crippen molar-refractivity contribution in [2.45, 2.75) is 40.0 Å². The zero-order valence-corrected chi connectivity index (χ0v) is 9.31. The normalized spacial score (nSPS) is 11.7. The number of rotatable bonds is 4. The third kappa shape index (κ3) is 3.13. The van der Waals surface area contributed by atoms with Crippen molar-refractivity contribution in [2.24, 2.45) is 5.41 Å². The lowest BCUT2D eigenvalue weighted by Crippen LogP contribution is -2.11.